The maximum absolute atomic E-state index is 12.6. The number of hydrogen-bond acceptors (Lipinski definition) is 5. The van der Waals surface area contributed by atoms with Crippen LogP contribution >= 0.6 is 15.9 Å². The fourth-order valence-corrected chi connectivity index (χ4v) is 3.00. The zero-order chi connectivity index (χ0) is 19.5. The number of pyridine rings is 1. The summed E-state index contributed by atoms with van der Waals surface area (Å²) in [5.74, 6) is 0.407. The number of halogens is 1. The summed E-state index contributed by atoms with van der Waals surface area (Å²) < 4.78 is 6.40. The number of ether oxygens (including phenoxy) is 1. The number of carbonyl (C=O) groups excluding carboxylic acids is 1. The third kappa shape index (κ3) is 3.91. The van der Waals surface area contributed by atoms with Crippen LogP contribution in [0.4, 0.5) is 5.69 Å². The van der Waals surface area contributed by atoms with E-state index < -0.39 is 5.91 Å². The third-order valence-electron chi connectivity index (χ3n) is 3.89. The van der Waals surface area contributed by atoms with E-state index in [0.717, 1.165) is 4.47 Å². The van der Waals surface area contributed by atoms with E-state index in [-0.39, 0.29) is 11.1 Å². The first-order chi connectivity index (χ1) is 13.6. The van der Waals surface area contributed by atoms with Crippen LogP contribution in [-0.4, -0.2) is 20.9 Å². The molecule has 0 bridgehead atoms. The fraction of sp³-hybridized carbons (Fsp3) is 0. The number of nitrogens with one attached hydrogen (secondary N) is 2. The minimum Gasteiger partial charge on any atom is -0.437 e. The highest BCUT2D eigenvalue weighted by molar-refractivity contribution is 9.10. The van der Waals surface area contributed by atoms with E-state index in [0.29, 0.717) is 28.2 Å². The van der Waals surface area contributed by atoms with E-state index in [2.05, 4.69) is 36.2 Å². The molecule has 2 N–H and O–H groups in total. The second-order valence-corrected chi connectivity index (χ2v) is 6.78. The van der Waals surface area contributed by atoms with Crippen molar-refractivity contribution in [3.63, 3.8) is 0 Å². The average molecular weight is 437 g/mol. The van der Waals surface area contributed by atoms with Gasteiger partial charge in [-0.1, -0.05) is 22.0 Å². The van der Waals surface area contributed by atoms with Gasteiger partial charge >= 0.3 is 0 Å². The number of aromatic amines is 1. The average Bonchev–Trinajstić information content (AvgIpc) is 2.69. The van der Waals surface area contributed by atoms with Gasteiger partial charge in [-0.2, -0.15) is 0 Å². The minimum absolute atomic E-state index is 0.167. The topological polar surface area (TPSA) is 97.0 Å². The molecule has 0 atom stereocenters. The molecule has 0 saturated carbocycles. The van der Waals surface area contributed by atoms with Crippen LogP contribution in [0.15, 0.2) is 76.4 Å². The lowest BCUT2D eigenvalue weighted by molar-refractivity contribution is 0.102. The molecule has 2 aromatic carbocycles. The Morgan fingerprint density at radius 3 is 2.82 bits per heavy atom. The van der Waals surface area contributed by atoms with Crippen LogP contribution < -0.4 is 15.5 Å². The van der Waals surface area contributed by atoms with E-state index in [1.165, 1.54) is 18.5 Å². The lowest BCUT2D eigenvalue weighted by Crippen LogP contribution is -2.17. The Morgan fingerprint density at radius 2 is 2.00 bits per heavy atom. The van der Waals surface area contributed by atoms with Crippen molar-refractivity contribution >= 4 is 38.4 Å². The molecule has 0 unspecified atom stereocenters. The Kier molecular flexibility index (Phi) is 4.86. The minimum atomic E-state index is -0.432. The van der Waals surface area contributed by atoms with Crippen molar-refractivity contribution in [1.29, 1.82) is 0 Å². The molecule has 1 amide bonds. The Morgan fingerprint density at radius 1 is 1.11 bits per heavy atom. The molecule has 0 saturated heterocycles. The molecule has 0 aliphatic carbocycles. The van der Waals surface area contributed by atoms with Gasteiger partial charge in [-0.3, -0.25) is 14.6 Å². The molecule has 8 heteroatoms. The Bertz CT molecular complexity index is 1230. The molecular formula is C20H13BrN4O3. The van der Waals surface area contributed by atoms with Gasteiger partial charge in [-0.15, -0.1) is 0 Å². The first-order valence-electron chi connectivity index (χ1n) is 8.26. The van der Waals surface area contributed by atoms with Crippen LogP contribution in [0, 0.1) is 0 Å². The number of hydrogen-bond donors (Lipinski definition) is 2. The fourth-order valence-electron chi connectivity index (χ4n) is 2.64. The van der Waals surface area contributed by atoms with Crippen LogP contribution in [0.3, 0.4) is 0 Å². The molecule has 0 aliphatic rings. The van der Waals surface area contributed by atoms with E-state index in [4.69, 9.17) is 4.74 Å². The number of H-pyrrole nitrogens is 1. The Labute approximate surface area is 167 Å². The highest BCUT2D eigenvalue weighted by Gasteiger charge is 2.11. The predicted octanol–water partition coefficient (Wildman–Crippen LogP) is 4.13. The molecule has 4 rings (SSSR count). The van der Waals surface area contributed by atoms with Crippen LogP contribution in [-0.2, 0) is 0 Å². The molecule has 4 aromatic rings. The van der Waals surface area contributed by atoms with Crippen molar-refractivity contribution < 1.29 is 9.53 Å². The van der Waals surface area contributed by atoms with E-state index >= 15 is 0 Å². The molecule has 0 radical (unpaired) electrons. The normalized spacial score (nSPS) is 10.6. The summed E-state index contributed by atoms with van der Waals surface area (Å²) in [6.07, 6.45) is 4.56. The quantitative estimate of drug-likeness (QED) is 0.501. The highest BCUT2D eigenvalue weighted by atomic mass is 79.9. The SMILES string of the molecule is O=C(Nc1cccc(Oc2cnccn2)c1)c1cc(=O)c2cc(Br)ccc2[nH]1. The van der Waals surface area contributed by atoms with E-state index in [9.17, 15) is 9.59 Å². The molecular weight excluding hydrogens is 424 g/mol. The van der Waals surface area contributed by atoms with Crippen molar-refractivity contribution in [3.8, 4) is 11.6 Å². The van der Waals surface area contributed by atoms with Crippen LogP contribution in [0.5, 0.6) is 11.6 Å². The van der Waals surface area contributed by atoms with Crippen molar-refractivity contribution in [2.45, 2.75) is 0 Å². The highest BCUT2D eigenvalue weighted by Crippen LogP contribution is 2.22. The number of anilines is 1. The first kappa shape index (κ1) is 17.9. The van der Waals surface area contributed by atoms with Crippen LogP contribution in [0.25, 0.3) is 10.9 Å². The summed E-state index contributed by atoms with van der Waals surface area (Å²) in [6, 6.07) is 13.4. The van der Waals surface area contributed by atoms with Crippen molar-refractivity contribution in [2.75, 3.05) is 5.32 Å². The lowest BCUT2D eigenvalue weighted by Gasteiger charge is -2.09. The maximum Gasteiger partial charge on any atom is 0.272 e. The summed E-state index contributed by atoms with van der Waals surface area (Å²) in [5.41, 5.74) is 1.03. The molecule has 0 aliphatic heterocycles. The van der Waals surface area contributed by atoms with Gasteiger partial charge in [0, 0.05) is 45.6 Å². The van der Waals surface area contributed by atoms with Gasteiger partial charge in [0.05, 0.1) is 6.20 Å². The van der Waals surface area contributed by atoms with Gasteiger partial charge in [-0.25, -0.2) is 4.98 Å². The smallest absolute Gasteiger partial charge is 0.272 e. The summed E-state index contributed by atoms with van der Waals surface area (Å²) in [5, 5.41) is 3.26. The van der Waals surface area contributed by atoms with Gasteiger partial charge in [-0.05, 0) is 30.3 Å². The Balaban J connectivity index is 1.57. The summed E-state index contributed by atoms with van der Waals surface area (Å²) in [7, 11) is 0. The molecule has 0 spiro atoms. The van der Waals surface area contributed by atoms with E-state index in [1.807, 2.05) is 0 Å². The number of rotatable bonds is 4. The second kappa shape index (κ2) is 7.61. The monoisotopic (exact) mass is 436 g/mol. The van der Waals surface area contributed by atoms with Gasteiger partial charge in [0.25, 0.3) is 5.91 Å². The van der Waals surface area contributed by atoms with Gasteiger partial charge in [0.1, 0.15) is 11.4 Å². The molecule has 138 valence electrons. The number of benzene rings is 2. The summed E-state index contributed by atoms with van der Waals surface area (Å²) in [6.45, 7) is 0. The third-order valence-corrected chi connectivity index (χ3v) is 4.38. The summed E-state index contributed by atoms with van der Waals surface area (Å²) in [4.78, 5) is 35.9. The lowest BCUT2D eigenvalue weighted by atomic mass is 10.2. The van der Waals surface area contributed by atoms with Gasteiger partial charge < -0.3 is 15.0 Å². The predicted molar refractivity (Wildman–Crippen MR) is 109 cm³/mol. The molecule has 0 fully saturated rings. The number of nitrogens with zero attached hydrogens (tertiary/aromatic N) is 2. The largest absolute Gasteiger partial charge is 0.437 e. The molecule has 2 heterocycles. The number of aromatic nitrogens is 3. The number of carbonyl (C=O) groups is 1. The summed E-state index contributed by atoms with van der Waals surface area (Å²) >= 11 is 3.34. The van der Waals surface area contributed by atoms with Crippen LogP contribution in [0.2, 0.25) is 0 Å². The zero-order valence-corrected chi connectivity index (χ0v) is 15.9. The first-order valence-corrected chi connectivity index (χ1v) is 9.06. The zero-order valence-electron chi connectivity index (χ0n) is 14.3. The van der Waals surface area contributed by atoms with Crippen molar-refractivity contribution in [1.82, 2.24) is 15.0 Å². The van der Waals surface area contributed by atoms with Gasteiger partial charge in [0.15, 0.2) is 5.43 Å². The Hall–Kier alpha value is -3.52. The molecule has 28 heavy (non-hydrogen) atoms. The number of amides is 1. The van der Waals surface area contributed by atoms with Gasteiger partial charge in [0.2, 0.25) is 5.88 Å². The van der Waals surface area contributed by atoms with Crippen molar-refractivity contribution in [2.24, 2.45) is 0 Å². The molecule has 7 nitrogen and oxygen atoms in total. The van der Waals surface area contributed by atoms with E-state index in [1.54, 1.807) is 48.7 Å². The number of fused-ring (bicyclic) bond motifs is 1. The maximum atomic E-state index is 12.6. The second-order valence-electron chi connectivity index (χ2n) is 5.86. The van der Waals surface area contributed by atoms with Crippen molar-refractivity contribution in [3.05, 3.63) is 87.5 Å². The molecule has 2 aromatic heterocycles. The van der Waals surface area contributed by atoms with Crippen LogP contribution in [0.1, 0.15) is 10.5 Å². The standard InChI is InChI=1S/C20H13BrN4O3/c21-12-4-5-16-15(8-12)18(26)10-17(25-16)20(27)24-13-2-1-3-14(9-13)28-19-11-22-6-7-23-19/h1-11H,(H,24,27)(H,25,26).